The molecule has 3 heterocycles. The summed E-state index contributed by atoms with van der Waals surface area (Å²) in [6.45, 7) is 1.97. The zero-order chi connectivity index (χ0) is 24.4. The lowest BCUT2D eigenvalue weighted by atomic mass is 10.1. The Morgan fingerprint density at radius 3 is 2.57 bits per heavy atom. The number of rotatable bonds is 7. The van der Waals surface area contributed by atoms with Crippen LogP contribution in [-0.2, 0) is 24.8 Å². The fraction of sp³-hybridized carbons (Fsp3) is 0.192. The lowest BCUT2D eigenvalue weighted by Crippen LogP contribution is -2.28. The number of hydrogen-bond donors (Lipinski definition) is 1. The van der Waals surface area contributed by atoms with Crippen LogP contribution in [0.25, 0.3) is 28.0 Å². The maximum absolute atomic E-state index is 13.0. The molecule has 5 rings (SSSR count). The number of nitrogens with one attached hydrogen (secondary N) is 1. The van der Waals surface area contributed by atoms with Crippen LogP contribution in [0.3, 0.4) is 0 Å². The van der Waals surface area contributed by atoms with Crippen molar-refractivity contribution in [1.82, 2.24) is 29.1 Å². The smallest absolute Gasteiger partial charge is 0.264 e. The molecule has 0 radical (unpaired) electrons. The minimum Gasteiger partial charge on any atom is -0.309 e. The Labute approximate surface area is 201 Å². The van der Waals surface area contributed by atoms with Crippen LogP contribution < -0.4 is 10.9 Å². The van der Waals surface area contributed by atoms with Gasteiger partial charge >= 0.3 is 0 Å². The molecule has 0 bridgehead atoms. The van der Waals surface area contributed by atoms with Gasteiger partial charge in [0.2, 0.25) is 5.91 Å². The summed E-state index contributed by atoms with van der Waals surface area (Å²) >= 11 is 0. The van der Waals surface area contributed by atoms with Gasteiger partial charge in [-0.1, -0.05) is 55.8 Å². The molecule has 0 saturated carbocycles. The van der Waals surface area contributed by atoms with Gasteiger partial charge in [-0.3, -0.25) is 18.8 Å². The Bertz CT molecular complexity index is 1550. The summed E-state index contributed by atoms with van der Waals surface area (Å²) in [6.07, 6.45) is 4.94. The molecule has 1 amide bonds. The number of aromatic nitrogens is 6. The number of hydrogen-bond acceptors (Lipinski definition) is 5. The van der Waals surface area contributed by atoms with Crippen LogP contribution in [0.1, 0.15) is 18.9 Å². The highest BCUT2D eigenvalue weighted by atomic mass is 16.2. The van der Waals surface area contributed by atoms with Gasteiger partial charge in [-0.05, 0) is 24.1 Å². The second-order valence-corrected chi connectivity index (χ2v) is 8.34. The minimum atomic E-state index is -0.362. The average molecular weight is 468 g/mol. The van der Waals surface area contributed by atoms with Crippen molar-refractivity contribution in [3.8, 4) is 16.9 Å². The summed E-state index contributed by atoms with van der Waals surface area (Å²) in [4.78, 5) is 30.0. The van der Waals surface area contributed by atoms with E-state index in [-0.39, 0.29) is 18.0 Å². The Kier molecular flexibility index (Phi) is 5.97. The first-order valence-corrected chi connectivity index (χ1v) is 11.5. The fourth-order valence-electron chi connectivity index (χ4n) is 4.02. The summed E-state index contributed by atoms with van der Waals surface area (Å²) in [5, 5.41) is 12.1. The third-order valence-corrected chi connectivity index (χ3v) is 5.80. The van der Waals surface area contributed by atoms with Crippen molar-refractivity contribution < 1.29 is 4.79 Å². The van der Waals surface area contributed by atoms with Crippen molar-refractivity contribution >= 4 is 22.8 Å². The number of amides is 1. The van der Waals surface area contributed by atoms with Crippen molar-refractivity contribution in [3.05, 3.63) is 89.1 Å². The minimum absolute atomic E-state index is 0.183. The van der Waals surface area contributed by atoms with Gasteiger partial charge in [0.1, 0.15) is 24.1 Å². The summed E-state index contributed by atoms with van der Waals surface area (Å²) in [7, 11) is 1.71. The molecule has 0 saturated heterocycles. The van der Waals surface area contributed by atoms with Crippen LogP contribution in [0, 0.1) is 0 Å². The average Bonchev–Trinajstić information content (AvgIpc) is 3.46. The maximum atomic E-state index is 13.0. The molecule has 9 nitrogen and oxygen atoms in total. The van der Waals surface area contributed by atoms with Crippen LogP contribution in [0.5, 0.6) is 0 Å². The third kappa shape index (κ3) is 4.48. The number of nitrogens with zero attached hydrogens (tertiary/aromatic N) is 6. The molecule has 0 atom stereocenters. The molecular formula is C26H25N7O2. The molecule has 0 fully saturated rings. The Hall–Kier alpha value is -4.53. The van der Waals surface area contributed by atoms with Crippen LogP contribution >= 0.6 is 0 Å². The van der Waals surface area contributed by atoms with Gasteiger partial charge in [0, 0.05) is 18.7 Å². The van der Waals surface area contributed by atoms with Crippen LogP contribution in [0.4, 0.5) is 5.82 Å². The van der Waals surface area contributed by atoms with Crippen LogP contribution in [0.15, 0.2) is 78.0 Å². The molecule has 0 aliphatic carbocycles. The lowest BCUT2D eigenvalue weighted by Gasteiger charge is -2.10. The van der Waals surface area contributed by atoms with Gasteiger partial charge in [0.25, 0.3) is 5.56 Å². The van der Waals surface area contributed by atoms with E-state index in [1.807, 2.05) is 48.5 Å². The normalized spacial score (nSPS) is 11.1. The quantitative estimate of drug-likeness (QED) is 0.394. The first kappa shape index (κ1) is 22.3. The molecule has 0 aliphatic heterocycles. The monoisotopic (exact) mass is 467 g/mol. The van der Waals surface area contributed by atoms with Crippen molar-refractivity contribution in [1.29, 1.82) is 0 Å². The largest absolute Gasteiger partial charge is 0.309 e. The zero-order valence-corrected chi connectivity index (χ0v) is 19.5. The van der Waals surface area contributed by atoms with Gasteiger partial charge in [0.15, 0.2) is 5.65 Å². The van der Waals surface area contributed by atoms with E-state index in [0.29, 0.717) is 16.9 Å². The van der Waals surface area contributed by atoms with Crippen LogP contribution in [0.2, 0.25) is 0 Å². The molecule has 35 heavy (non-hydrogen) atoms. The summed E-state index contributed by atoms with van der Waals surface area (Å²) in [5.41, 5.74) is 3.94. The summed E-state index contributed by atoms with van der Waals surface area (Å²) in [6, 6.07) is 19.7. The highest BCUT2D eigenvalue weighted by Gasteiger charge is 2.16. The molecule has 0 spiro atoms. The van der Waals surface area contributed by atoms with Crippen molar-refractivity contribution in [2.75, 3.05) is 5.32 Å². The third-order valence-electron chi connectivity index (χ3n) is 5.80. The van der Waals surface area contributed by atoms with Crippen LogP contribution in [-0.4, -0.2) is 35.0 Å². The Morgan fingerprint density at radius 2 is 1.83 bits per heavy atom. The number of aryl methyl sites for hydroxylation is 2. The van der Waals surface area contributed by atoms with Gasteiger partial charge in [-0.2, -0.15) is 10.2 Å². The number of carbonyl (C=O) groups excluding carboxylic acids is 1. The second-order valence-electron chi connectivity index (χ2n) is 8.34. The second kappa shape index (κ2) is 9.38. The van der Waals surface area contributed by atoms with E-state index in [1.54, 1.807) is 11.7 Å². The van der Waals surface area contributed by atoms with Crippen molar-refractivity contribution in [2.45, 2.75) is 26.3 Å². The molecule has 9 heteroatoms. The van der Waals surface area contributed by atoms with E-state index in [1.165, 1.54) is 27.3 Å². The predicted molar refractivity (Wildman–Crippen MR) is 134 cm³/mol. The SMILES string of the molecule is CCCc1ccc(-c2cc(NC(=O)Cn3cnc4c(cnn4C)c3=O)n(-c3ccccc3)n2)cc1. The van der Waals surface area contributed by atoms with Crippen molar-refractivity contribution in [2.24, 2.45) is 7.05 Å². The molecular weight excluding hydrogens is 442 g/mol. The number of para-hydroxylation sites is 1. The van der Waals surface area contributed by atoms with Gasteiger partial charge in [0.05, 0.1) is 17.6 Å². The topological polar surface area (TPSA) is 99.6 Å². The Balaban J connectivity index is 1.44. The first-order chi connectivity index (χ1) is 17.0. The van der Waals surface area contributed by atoms with Gasteiger partial charge < -0.3 is 5.32 Å². The number of benzene rings is 2. The molecule has 0 unspecified atom stereocenters. The molecule has 1 N–H and O–H groups in total. The van der Waals surface area contributed by atoms with Gasteiger partial charge in [-0.15, -0.1) is 0 Å². The lowest BCUT2D eigenvalue weighted by molar-refractivity contribution is -0.116. The fourth-order valence-corrected chi connectivity index (χ4v) is 4.02. The van der Waals surface area contributed by atoms with E-state index in [9.17, 15) is 9.59 Å². The molecule has 2 aromatic carbocycles. The van der Waals surface area contributed by atoms with Crippen molar-refractivity contribution in [3.63, 3.8) is 0 Å². The van der Waals surface area contributed by atoms with E-state index < -0.39 is 0 Å². The maximum Gasteiger partial charge on any atom is 0.264 e. The van der Waals surface area contributed by atoms with E-state index in [0.717, 1.165) is 29.8 Å². The number of carbonyl (C=O) groups is 1. The predicted octanol–water partition coefficient (Wildman–Crippen LogP) is 3.57. The number of anilines is 1. The molecule has 0 aliphatic rings. The summed E-state index contributed by atoms with van der Waals surface area (Å²) < 4.78 is 4.49. The number of fused-ring (bicyclic) bond motifs is 1. The summed E-state index contributed by atoms with van der Waals surface area (Å²) in [5.74, 6) is 0.149. The molecule has 176 valence electrons. The highest BCUT2D eigenvalue weighted by Crippen LogP contribution is 2.25. The standard InChI is InChI=1S/C26H25N7O2/c1-3-7-18-10-12-19(13-11-18)22-14-23(33(30-22)20-8-5-4-6-9-20)29-24(34)16-32-17-27-25-21(26(32)35)15-28-31(25)2/h4-6,8-15,17H,3,7,16H2,1-2H3,(H,29,34). The van der Waals surface area contributed by atoms with E-state index in [4.69, 9.17) is 5.10 Å². The van der Waals surface area contributed by atoms with Gasteiger partial charge in [-0.25, -0.2) is 9.67 Å². The van der Waals surface area contributed by atoms with E-state index >= 15 is 0 Å². The highest BCUT2D eigenvalue weighted by molar-refractivity contribution is 5.91. The zero-order valence-electron chi connectivity index (χ0n) is 19.5. The van der Waals surface area contributed by atoms with E-state index in [2.05, 4.69) is 34.5 Å². The molecule has 5 aromatic rings. The first-order valence-electron chi connectivity index (χ1n) is 11.5. The Morgan fingerprint density at radius 1 is 1.06 bits per heavy atom. The molecule has 3 aromatic heterocycles.